The summed E-state index contributed by atoms with van der Waals surface area (Å²) < 4.78 is 5.06. The highest BCUT2D eigenvalue weighted by Crippen LogP contribution is 1.86. The lowest BCUT2D eigenvalue weighted by Crippen LogP contribution is -2.02. The molecule has 0 saturated heterocycles. The average Bonchev–Trinajstić information content (AvgIpc) is 2.29. The van der Waals surface area contributed by atoms with E-state index in [1.54, 1.807) is 0 Å². The van der Waals surface area contributed by atoms with Crippen LogP contribution in [0.1, 0.15) is 19.8 Å². The predicted molar refractivity (Wildman–Crippen MR) is 59.7 cm³/mol. The number of hydrogen-bond acceptors (Lipinski definition) is 6. The minimum atomic E-state index is -0.935. The van der Waals surface area contributed by atoms with Crippen molar-refractivity contribution in [3.63, 3.8) is 0 Å². The summed E-state index contributed by atoms with van der Waals surface area (Å²) in [6, 6.07) is 0. The quantitative estimate of drug-likeness (QED) is 0.246. The molecule has 0 aromatic carbocycles. The van der Waals surface area contributed by atoms with Gasteiger partial charge in [-0.25, -0.2) is 14.6 Å². The molecular weight excluding hydrogens is 232 g/mol. The maximum atomic E-state index is 9.60. The number of carboxylic acids is 1. The molecule has 0 aromatic heterocycles. The van der Waals surface area contributed by atoms with Crippen LogP contribution in [0.25, 0.3) is 0 Å². The number of ether oxygens (including phenoxy) is 1. The van der Waals surface area contributed by atoms with Crippen LogP contribution in [-0.4, -0.2) is 48.0 Å². The van der Waals surface area contributed by atoms with Crippen molar-refractivity contribution in [3.8, 4) is 0 Å². The molecule has 0 aliphatic heterocycles. The van der Waals surface area contributed by atoms with Gasteiger partial charge in [0.05, 0.1) is 13.2 Å². The van der Waals surface area contributed by atoms with Crippen molar-refractivity contribution < 1.29 is 34.9 Å². The molecule has 0 amide bonds. The predicted octanol–water partition coefficient (Wildman–Crippen LogP) is 1.41. The van der Waals surface area contributed by atoms with E-state index in [4.69, 9.17) is 20.4 Å². The topological polar surface area (TPSA) is 105 Å². The maximum absolute atomic E-state index is 9.60. The molecule has 7 nitrogen and oxygen atoms in total. The van der Waals surface area contributed by atoms with E-state index in [1.807, 2.05) is 0 Å². The zero-order valence-corrected chi connectivity index (χ0v) is 9.92. The lowest BCUT2D eigenvalue weighted by atomic mass is 10.4. The van der Waals surface area contributed by atoms with Crippen LogP contribution in [0, 0.1) is 0 Å². The zero-order valence-electron chi connectivity index (χ0n) is 9.92. The summed E-state index contributed by atoms with van der Waals surface area (Å²) in [7, 11) is 0. The Balaban J connectivity index is 0. The lowest BCUT2D eigenvalue weighted by molar-refractivity contribution is -0.246. The molecule has 3 N–H and O–H groups in total. The fourth-order valence-electron chi connectivity index (χ4n) is 0.553. The SMILES string of the molecule is C=C(C)C(=O)O.OOCCCOCCCOO. The first kappa shape index (κ1) is 18.4. The molecule has 0 heterocycles. The molecule has 0 spiro atoms. The first-order chi connectivity index (χ1) is 8.06. The van der Waals surface area contributed by atoms with E-state index < -0.39 is 5.97 Å². The van der Waals surface area contributed by atoms with Gasteiger partial charge in [-0.3, -0.25) is 10.5 Å². The van der Waals surface area contributed by atoms with Crippen LogP contribution in [-0.2, 0) is 19.3 Å². The van der Waals surface area contributed by atoms with E-state index in [0.717, 1.165) is 0 Å². The molecule has 0 radical (unpaired) electrons. The molecule has 0 aliphatic rings. The first-order valence-corrected chi connectivity index (χ1v) is 5.05. The number of hydrogen-bond donors (Lipinski definition) is 3. The van der Waals surface area contributed by atoms with Gasteiger partial charge >= 0.3 is 5.97 Å². The van der Waals surface area contributed by atoms with Gasteiger partial charge in [-0.2, -0.15) is 0 Å². The van der Waals surface area contributed by atoms with Crippen LogP contribution in [0.4, 0.5) is 0 Å². The number of carbonyl (C=O) groups is 1. The van der Waals surface area contributed by atoms with E-state index in [-0.39, 0.29) is 18.8 Å². The molecule has 102 valence electrons. The number of carboxylic acid groups (broad SMARTS) is 1. The smallest absolute Gasteiger partial charge is 0.330 e. The van der Waals surface area contributed by atoms with Gasteiger partial charge in [0.15, 0.2) is 0 Å². The van der Waals surface area contributed by atoms with Crippen LogP contribution in [0.2, 0.25) is 0 Å². The van der Waals surface area contributed by atoms with Crippen molar-refractivity contribution >= 4 is 5.97 Å². The Hall–Kier alpha value is -0.990. The summed E-state index contributed by atoms with van der Waals surface area (Å²) in [6.07, 6.45) is 1.33. The minimum Gasteiger partial charge on any atom is -0.478 e. The highest BCUT2D eigenvalue weighted by atomic mass is 17.1. The summed E-state index contributed by atoms with van der Waals surface area (Å²) in [5.41, 5.74) is 0.176. The Labute approximate surface area is 100 Å². The summed E-state index contributed by atoms with van der Waals surface area (Å²) in [5.74, 6) is -0.935. The van der Waals surface area contributed by atoms with Crippen molar-refractivity contribution in [2.75, 3.05) is 26.4 Å². The van der Waals surface area contributed by atoms with Gasteiger partial charge < -0.3 is 9.84 Å². The zero-order chi connectivity index (χ0) is 13.5. The molecule has 0 aliphatic carbocycles. The van der Waals surface area contributed by atoms with Gasteiger partial charge in [0.1, 0.15) is 0 Å². The van der Waals surface area contributed by atoms with E-state index in [0.29, 0.717) is 26.1 Å². The fourth-order valence-corrected chi connectivity index (χ4v) is 0.553. The molecule has 0 fully saturated rings. The van der Waals surface area contributed by atoms with Gasteiger partial charge in [-0.05, 0) is 19.8 Å². The Morgan fingerprint density at radius 1 is 1.06 bits per heavy atom. The van der Waals surface area contributed by atoms with Crippen molar-refractivity contribution in [3.05, 3.63) is 12.2 Å². The maximum Gasteiger partial charge on any atom is 0.330 e. The highest BCUT2D eigenvalue weighted by Gasteiger charge is 1.90. The third kappa shape index (κ3) is 21.0. The lowest BCUT2D eigenvalue weighted by Gasteiger charge is -2.01. The van der Waals surface area contributed by atoms with Crippen molar-refractivity contribution in [2.24, 2.45) is 0 Å². The largest absolute Gasteiger partial charge is 0.478 e. The van der Waals surface area contributed by atoms with Gasteiger partial charge in [0.2, 0.25) is 0 Å². The molecule has 0 rings (SSSR count). The summed E-state index contributed by atoms with van der Waals surface area (Å²) in [4.78, 5) is 17.2. The van der Waals surface area contributed by atoms with Crippen molar-refractivity contribution in [1.82, 2.24) is 0 Å². The third-order valence-electron chi connectivity index (χ3n) is 1.41. The minimum absolute atomic E-state index is 0.176. The average molecular weight is 252 g/mol. The van der Waals surface area contributed by atoms with Gasteiger partial charge in [0.25, 0.3) is 0 Å². The second-order valence-electron chi connectivity index (χ2n) is 3.07. The Kier molecular flexibility index (Phi) is 16.2. The van der Waals surface area contributed by atoms with Gasteiger partial charge in [0, 0.05) is 18.8 Å². The Morgan fingerprint density at radius 3 is 1.65 bits per heavy atom. The molecule has 0 unspecified atom stereocenters. The summed E-state index contributed by atoms with van der Waals surface area (Å²) in [5, 5.41) is 23.7. The highest BCUT2D eigenvalue weighted by molar-refractivity contribution is 5.84. The van der Waals surface area contributed by atoms with E-state index in [1.165, 1.54) is 6.92 Å². The van der Waals surface area contributed by atoms with Crippen LogP contribution >= 0.6 is 0 Å². The summed E-state index contributed by atoms with van der Waals surface area (Å²) in [6.45, 7) is 6.27. The molecule has 0 saturated carbocycles. The third-order valence-corrected chi connectivity index (χ3v) is 1.41. The van der Waals surface area contributed by atoms with Crippen LogP contribution in [0.15, 0.2) is 12.2 Å². The Morgan fingerprint density at radius 2 is 1.41 bits per heavy atom. The number of aliphatic carboxylic acids is 1. The molecule has 0 aromatic rings. The van der Waals surface area contributed by atoms with Crippen LogP contribution in [0.3, 0.4) is 0 Å². The Bertz CT molecular complexity index is 173. The standard InChI is InChI=1S/C6H14O5.C4H6O2/c7-10-5-1-3-9-4-2-6-11-8;1-3(2)4(5)6/h7-8H,1-6H2;1H2,2H3,(H,5,6). The molecular formula is C10H20O7. The van der Waals surface area contributed by atoms with Crippen LogP contribution in [0.5, 0.6) is 0 Å². The molecule has 7 heteroatoms. The van der Waals surface area contributed by atoms with Gasteiger partial charge in [-0.1, -0.05) is 6.58 Å². The van der Waals surface area contributed by atoms with E-state index in [9.17, 15) is 4.79 Å². The first-order valence-electron chi connectivity index (χ1n) is 5.05. The monoisotopic (exact) mass is 252 g/mol. The normalized spacial score (nSPS) is 9.35. The van der Waals surface area contributed by atoms with Crippen LogP contribution < -0.4 is 0 Å². The molecule has 17 heavy (non-hydrogen) atoms. The van der Waals surface area contributed by atoms with Crippen molar-refractivity contribution in [1.29, 1.82) is 0 Å². The van der Waals surface area contributed by atoms with E-state index >= 15 is 0 Å². The van der Waals surface area contributed by atoms with Gasteiger partial charge in [-0.15, -0.1) is 0 Å². The second-order valence-corrected chi connectivity index (χ2v) is 3.07. The molecule has 0 atom stereocenters. The second kappa shape index (κ2) is 15.0. The number of rotatable bonds is 9. The molecule has 0 bridgehead atoms. The summed E-state index contributed by atoms with van der Waals surface area (Å²) >= 11 is 0. The van der Waals surface area contributed by atoms with E-state index in [2.05, 4.69) is 16.4 Å². The fraction of sp³-hybridized carbons (Fsp3) is 0.700. The van der Waals surface area contributed by atoms with Crippen molar-refractivity contribution in [2.45, 2.75) is 19.8 Å².